The van der Waals surface area contributed by atoms with E-state index >= 15 is 0 Å². The summed E-state index contributed by atoms with van der Waals surface area (Å²) in [5, 5.41) is 5.56. The zero-order valence-corrected chi connectivity index (χ0v) is 20.6. The first-order valence-corrected chi connectivity index (χ1v) is 13.3. The highest BCUT2D eigenvalue weighted by atomic mass is 31.2. The van der Waals surface area contributed by atoms with Crippen molar-refractivity contribution in [3.05, 3.63) is 89.8 Å². The fourth-order valence-electron chi connectivity index (χ4n) is 3.70. The van der Waals surface area contributed by atoms with Gasteiger partial charge in [-0.2, -0.15) is 0 Å². The number of anilines is 1. The molecule has 0 amide bonds. The maximum atomic E-state index is 13.8. The van der Waals surface area contributed by atoms with E-state index in [4.69, 9.17) is 13.5 Å². The predicted octanol–water partition coefficient (Wildman–Crippen LogP) is 6.70. The van der Waals surface area contributed by atoms with Crippen LogP contribution in [0.4, 0.5) is 5.88 Å². The first-order chi connectivity index (χ1) is 16.6. The second kappa shape index (κ2) is 11.5. The van der Waals surface area contributed by atoms with Gasteiger partial charge in [0.25, 0.3) is 0 Å². The summed E-state index contributed by atoms with van der Waals surface area (Å²) in [7, 11) is -3.66. The Morgan fingerprint density at radius 1 is 0.882 bits per heavy atom. The molecule has 0 fully saturated rings. The third-order valence-electron chi connectivity index (χ3n) is 5.36. The summed E-state index contributed by atoms with van der Waals surface area (Å²) in [6, 6.07) is 24.3. The molecule has 3 aromatic carbocycles. The van der Waals surface area contributed by atoms with Crippen molar-refractivity contribution in [2.75, 3.05) is 18.5 Å². The number of aromatic nitrogens is 1. The Balaban J connectivity index is 1.69. The Labute approximate surface area is 200 Å². The molecule has 6 nitrogen and oxygen atoms in total. The molecule has 0 spiro atoms. The smallest absolute Gasteiger partial charge is 0.385 e. The van der Waals surface area contributed by atoms with Gasteiger partial charge >= 0.3 is 7.60 Å². The molecule has 0 aliphatic carbocycles. The van der Waals surface area contributed by atoms with Gasteiger partial charge in [0.1, 0.15) is 0 Å². The fourth-order valence-corrected chi connectivity index (χ4v) is 5.47. The van der Waals surface area contributed by atoms with Crippen LogP contribution < -0.4 is 10.8 Å². The van der Waals surface area contributed by atoms with Crippen LogP contribution in [0.2, 0.25) is 0 Å². The molecule has 34 heavy (non-hydrogen) atoms. The predicted molar refractivity (Wildman–Crippen MR) is 137 cm³/mol. The van der Waals surface area contributed by atoms with E-state index in [1.165, 1.54) is 0 Å². The van der Waals surface area contributed by atoms with Gasteiger partial charge < -0.3 is 18.8 Å². The van der Waals surface area contributed by atoms with Gasteiger partial charge in [-0.1, -0.05) is 86.6 Å². The second-order valence-electron chi connectivity index (χ2n) is 8.08. The molecule has 0 radical (unpaired) electrons. The Morgan fingerprint density at radius 2 is 1.56 bits per heavy atom. The van der Waals surface area contributed by atoms with E-state index in [0.29, 0.717) is 50.8 Å². The van der Waals surface area contributed by atoms with Crippen molar-refractivity contribution in [1.29, 1.82) is 0 Å². The normalized spacial score (nSPS) is 11.7. The molecule has 4 aromatic rings. The molecule has 0 aliphatic rings. The van der Waals surface area contributed by atoms with Gasteiger partial charge in [-0.3, -0.25) is 4.57 Å². The topological polar surface area (TPSA) is 73.6 Å². The van der Waals surface area contributed by atoms with Gasteiger partial charge in [-0.15, -0.1) is 0 Å². The largest absolute Gasteiger partial charge is 0.424 e. The molecule has 0 saturated carbocycles. The van der Waals surface area contributed by atoms with Crippen molar-refractivity contribution >= 4 is 29.7 Å². The van der Waals surface area contributed by atoms with Crippen LogP contribution in [0.15, 0.2) is 77.2 Å². The van der Waals surface area contributed by atoms with E-state index in [2.05, 4.69) is 34.6 Å². The average Bonchev–Trinajstić information content (AvgIpc) is 3.29. The van der Waals surface area contributed by atoms with Crippen molar-refractivity contribution in [3.63, 3.8) is 0 Å². The number of rotatable bonds is 12. The van der Waals surface area contributed by atoms with Crippen molar-refractivity contribution in [1.82, 2.24) is 4.98 Å². The van der Waals surface area contributed by atoms with Crippen molar-refractivity contribution in [3.8, 4) is 0 Å². The van der Waals surface area contributed by atoms with Crippen LogP contribution in [-0.4, -0.2) is 18.2 Å². The van der Waals surface area contributed by atoms with E-state index in [-0.39, 0.29) is 5.44 Å². The van der Waals surface area contributed by atoms with Gasteiger partial charge in [0, 0.05) is 6.54 Å². The number of benzene rings is 3. The summed E-state index contributed by atoms with van der Waals surface area (Å²) in [6.07, 6.45) is 1.89. The summed E-state index contributed by atoms with van der Waals surface area (Å²) < 4.78 is 31.5. The van der Waals surface area contributed by atoms with Crippen LogP contribution in [0, 0.1) is 0 Å². The highest BCUT2D eigenvalue weighted by Gasteiger charge is 2.36. The molecule has 1 N–H and O–H groups in total. The Morgan fingerprint density at radius 3 is 2.29 bits per heavy atom. The van der Waals surface area contributed by atoms with Crippen LogP contribution in [0.25, 0.3) is 10.8 Å². The lowest BCUT2D eigenvalue weighted by Crippen LogP contribution is -2.17. The molecule has 0 atom stereocenters. The number of nitrogens with one attached hydrogen (secondary N) is 1. The molecule has 1 aromatic heterocycles. The summed E-state index contributed by atoms with van der Waals surface area (Å²) in [4.78, 5) is 4.66. The van der Waals surface area contributed by atoms with Gasteiger partial charge in [0.15, 0.2) is 0 Å². The summed E-state index contributed by atoms with van der Waals surface area (Å²) in [5.41, 5.74) is 2.36. The van der Waals surface area contributed by atoms with Crippen molar-refractivity contribution in [2.45, 2.75) is 39.7 Å². The zero-order valence-electron chi connectivity index (χ0n) is 19.7. The molecule has 0 bridgehead atoms. The number of hydrogen-bond donors (Lipinski definition) is 1. The molecule has 178 valence electrons. The number of oxazole rings is 1. The van der Waals surface area contributed by atoms with E-state index < -0.39 is 7.60 Å². The first kappa shape index (κ1) is 24.2. The maximum absolute atomic E-state index is 13.8. The molecular formula is C27H31N2O4P. The van der Waals surface area contributed by atoms with Crippen LogP contribution in [0.5, 0.6) is 0 Å². The molecule has 7 heteroatoms. The highest BCUT2D eigenvalue weighted by Crippen LogP contribution is 2.49. The monoisotopic (exact) mass is 478 g/mol. The molecule has 1 heterocycles. The van der Waals surface area contributed by atoms with Crippen LogP contribution >= 0.6 is 7.60 Å². The summed E-state index contributed by atoms with van der Waals surface area (Å²) in [5.74, 6) is 0.789. The molecule has 0 unspecified atom stereocenters. The van der Waals surface area contributed by atoms with E-state index in [1.807, 2.05) is 62.4 Å². The lowest BCUT2D eigenvalue weighted by atomic mass is 10.0. The van der Waals surface area contributed by atoms with E-state index in [9.17, 15) is 4.57 Å². The van der Waals surface area contributed by atoms with Gasteiger partial charge in [0.2, 0.25) is 17.2 Å². The van der Waals surface area contributed by atoms with Gasteiger partial charge in [-0.05, 0) is 34.7 Å². The van der Waals surface area contributed by atoms with E-state index in [0.717, 1.165) is 21.9 Å². The lowest BCUT2D eigenvalue weighted by molar-refractivity contribution is 0.213. The standard InChI is InChI=1S/C27H31N2O4P/c1-3-17-31-34(30,32-18-4-2)27-26(28-20-21-11-6-5-7-12-21)33-25(29-27)19-23-15-10-14-22-13-8-9-16-24(22)23/h5-16,28H,3-4,17-20H2,1-2H3. The Bertz CT molecular complexity index is 1240. The first-order valence-electron chi connectivity index (χ1n) is 11.8. The minimum Gasteiger partial charge on any atom is -0.424 e. The van der Waals surface area contributed by atoms with Gasteiger partial charge in [0.05, 0.1) is 19.6 Å². The zero-order chi connectivity index (χ0) is 23.8. The summed E-state index contributed by atoms with van der Waals surface area (Å²) >= 11 is 0. The average molecular weight is 479 g/mol. The summed E-state index contributed by atoms with van der Waals surface area (Å²) in [6.45, 7) is 5.05. The third kappa shape index (κ3) is 5.76. The van der Waals surface area contributed by atoms with Crippen LogP contribution in [0.1, 0.15) is 43.7 Å². The third-order valence-corrected chi connectivity index (χ3v) is 7.23. The molecule has 0 saturated heterocycles. The number of hydrogen-bond acceptors (Lipinski definition) is 6. The van der Waals surface area contributed by atoms with Crippen molar-refractivity contribution < 1.29 is 18.0 Å². The lowest BCUT2D eigenvalue weighted by Gasteiger charge is -2.17. The minimum atomic E-state index is -3.66. The second-order valence-corrected chi connectivity index (χ2v) is 10.0. The highest BCUT2D eigenvalue weighted by molar-refractivity contribution is 7.62. The maximum Gasteiger partial charge on any atom is 0.385 e. The van der Waals surface area contributed by atoms with Crippen molar-refractivity contribution in [2.24, 2.45) is 0 Å². The molecular weight excluding hydrogens is 447 g/mol. The van der Waals surface area contributed by atoms with Gasteiger partial charge in [-0.25, -0.2) is 4.98 Å². The Hall–Kier alpha value is -2.92. The quantitative estimate of drug-likeness (QED) is 0.228. The fraction of sp³-hybridized carbons (Fsp3) is 0.296. The van der Waals surface area contributed by atoms with E-state index in [1.54, 1.807) is 0 Å². The SMILES string of the molecule is CCCOP(=O)(OCCC)c1nc(Cc2cccc3ccccc23)oc1NCc1ccccc1. The minimum absolute atomic E-state index is 0.209. The number of fused-ring (bicyclic) bond motifs is 1. The Kier molecular flexibility index (Phi) is 8.17. The van der Waals surface area contributed by atoms with Crippen LogP contribution in [0.3, 0.4) is 0 Å². The molecule has 0 aliphatic heterocycles. The van der Waals surface area contributed by atoms with Crippen LogP contribution in [-0.2, 0) is 26.6 Å². The molecule has 4 rings (SSSR count). The number of nitrogens with zero attached hydrogens (tertiary/aromatic N) is 1.